The lowest BCUT2D eigenvalue weighted by molar-refractivity contribution is -0.0138. The smallest absolute Gasteiger partial charge is 0.416 e. The highest BCUT2D eigenvalue weighted by Gasteiger charge is 2.31. The number of carbonyl (C=O) groups excluding carboxylic acids is 1. The largest absolute Gasteiger partial charge is 0.496 e. The van der Waals surface area contributed by atoms with Crippen LogP contribution in [0.5, 0.6) is 5.75 Å². The van der Waals surface area contributed by atoms with E-state index in [0.29, 0.717) is 24.2 Å². The second kappa shape index (κ2) is 10.5. The molecule has 0 saturated carbocycles. The van der Waals surface area contributed by atoms with E-state index in [9.17, 15) is 14.7 Å². The first-order valence-electron chi connectivity index (χ1n) is 11.8. The van der Waals surface area contributed by atoms with Crippen molar-refractivity contribution in [2.24, 2.45) is 0 Å². The van der Waals surface area contributed by atoms with Crippen molar-refractivity contribution in [1.29, 1.82) is 0 Å². The average Bonchev–Trinajstić information content (AvgIpc) is 3.32. The van der Waals surface area contributed by atoms with Crippen LogP contribution in [0.1, 0.15) is 52.9 Å². The van der Waals surface area contributed by atoms with Crippen molar-refractivity contribution in [3.05, 3.63) is 64.8 Å². The Morgan fingerprint density at radius 2 is 1.89 bits per heavy atom. The van der Waals surface area contributed by atoms with Crippen molar-refractivity contribution in [2.75, 3.05) is 27.4 Å². The zero-order valence-electron chi connectivity index (χ0n) is 20.6. The third-order valence-electron chi connectivity index (χ3n) is 6.80. The van der Waals surface area contributed by atoms with Crippen molar-refractivity contribution >= 4 is 23.0 Å². The Labute approximate surface area is 205 Å². The number of hydrogen-bond acceptors (Lipinski definition) is 6. The molecule has 1 aromatic heterocycles. The minimum atomic E-state index is -1.01. The molecular formula is C27H32N2O6. The number of piperidine rings is 1. The van der Waals surface area contributed by atoms with Crippen LogP contribution in [-0.2, 0) is 16.0 Å². The van der Waals surface area contributed by atoms with Gasteiger partial charge in [-0.2, -0.15) is 0 Å². The van der Waals surface area contributed by atoms with Gasteiger partial charge < -0.3 is 19.3 Å². The molecule has 35 heavy (non-hydrogen) atoms. The topological polar surface area (TPSA) is 90.2 Å². The number of carbonyl (C=O) groups is 2. The number of ether oxygens (including phenoxy) is 3. The van der Waals surface area contributed by atoms with Crippen molar-refractivity contribution in [1.82, 2.24) is 9.47 Å². The van der Waals surface area contributed by atoms with E-state index in [1.54, 1.807) is 25.4 Å². The van der Waals surface area contributed by atoms with Crippen LogP contribution in [-0.4, -0.2) is 60.1 Å². The second-order valence-electron chi connectivity index (χ2n) is 8.81. The molecule has 3 aromatic rings. The van der Waals surface area contributed by atoms with Crippen LogP contribution >= 0.6 is 0 Å². The fourth-order valence-electron chi connectivity index (χ4n) is 5.13. The van der Waals surface area contributed by atoms with Crippen LogP contribution in [0.3, 0.4) is 0 Å². The van der Waals surface area contributed by atoms with Gasteiger partial charge in [-0.3, -0.25) is 9.47 Å². The first-order chi connectivity index (χ1) is 16.9. The summed E-state index contributed by atoms with van der Waals surface area (Å²) in [5.41, 5.74) is 4.08. The Balaban J connectivity index is 1.73. The number of benzene rings is 2. The molecule has 186 valence electrons. The van der Waals surface area contributed by atoms with Gasteiger partial charge in [-0.1, -0.05) is 12.1 Å². The Morgan fingerprint density at radius 3 is 2.51 bits per heavy atom. The SMILES string of the molecule is CCO[C@H]1CCN(Cc2c(OC)cc(C)c3c2ccn3C(=O)O)[C@H](c2ccc(C(=O)OC)cc2)C1. The summed E-state index contributed by atoms with van der Waals surface area (Å²) in [6, 6.07) is 11.4. The molecule has 1 aliphatic rings. The lowest BCUT2D eigenvalue weighted by atomic mass is 9.91. The predicted molar refractivity (Wildman–Crippen MR) is 132 cm³/mol. The highest BCUT2D eigenvalue weighted by Crippen LogP contribution is 2.38. The molecule has 8 nitrogen and oxygen atoms in total. The van der Waals surface area contributed by atoms with Gasteiger partial charge in [-0.05, 0) is 62.1 Å². The minimum absolute atomic E-state index is 0.0645. The number of carboxylic acid groups (broad SMARTS) is 1. The molecule has 2 aromatic carbocycles. The number of aromatic nitrogens is 1. The van der Waals surface area contributed by atoms with Gasteiger partial charge in [0.1, 0.15) is 5.75 Å². The van der Waals surface area contributed by atoms with E-state index >= 15 is 0 Å². The van der Waals surface area contributed by atoms with Crippen molar-refractivity contribution in [2.45, 2.75) is 45.4 Å². The molecule has 0 spiro atoms. The molecule has 1 fully saturated rings. The van der Waals surface area contributed by atoms with E-state index in [2.05, 4.69) is 4.90 Å². The summed E-state index contributed by atoms with van der Waals surface area (Å²) in [6.45, 7) is 5.97. The monoisotopic (exact) mass is 480 g/mol. The number of rotatable bonds is 7. The number of aryl methyl sites for hydroxylation is 1. The molecule has 2 heterocycles. The molecule has 1 aliphatic heterocycles. The molecule has 1 N–H and O–H groups in total. The van der Waals surface area contributed by atoms with Crippen LogP contribution in [0.25, 0.3) is 10.9 Å². The Kier molecular flexibility index (Phi) is 7.42. The molecule has 4 rings (SSSR count). The Hall–Kier alpha value is -3.36. The molecule has 0 radical (unpaired) electrons. The lowest BCUT2D eigenvalue weighted by Gasteiger charge is -2.40. The van der Waals surface area contributed by atoms with Crippen molar-refractivity contribution in [3.63, 3.8) is 0 Å². The maximum absolute atomic E-state index is 11.9. The molecular weight excluding hydrogens is 448 g/mol. The number of methoxy groups -OCH3 is 2. The number of likely N-dealkylation sites (tertiary alicyclic amines) is 1. The summed E-state index contributed by atoms with van der Waals surface area (Å²) in [7, 11) is 3.02. The van der Waals surface area contributed by atoms with E-state index in [-0.39, 0.29) is 18.1 Å². The maximum atomic E-state index is 11.9. The van der Waals surface area contributed by atoms with E-state index in [4.69, 9.17) is 14.2 Å². The standard InChI is InChI=1S/C27H32N2O6/c1-5-35-20-10-12-28(23(15-20)18-6-8-19(9-7-18)26(30)34-4)16-22-21-11-13-29(27(31)32)25(21)17(2)14-24(22)33-3/h6-9,11,13-14,20,23H,5,10,12,15-16H2,1-4H3,(H,31,32)/t20-,23-/m0/s1. The number of esters is 1. The third-order valence-corrected chi connectivity index (χ3v) is 6.80. The normalized spacial score (nSPS) is 18.5. The van der Waals surface area contributed by atoms with E-state index in [0.717, 1.165) is 47.2 Å². The molecule has 8 heteroatoms. The molecule has 1 saturated heterocycles. The first-order valence-corrected chi connectivity index (χ1v) is 11.8. The third kappa shape index (κ3) is 4.90. The number of fused-ring (bicyclic) bond motifs is 1. The molecule has 0 bridgehead atoms. The second-order valence-corrected chi connectivity index (χ2v) is 8.81. The number of nitrogens with zero attached hydrogens (tertiary/aromatic N) is 2. The van der Waals surface area contributed by atoms with Crippen molar-refractivity contribution in [3.8, 4) is 5.75 Å². The minimum Gasteiger partial charge on any atom is -0.496 e. The number of hydrogen-bond donors (Lipinski definition) is 1. The van der Waals surface area contributed by atoms with Gasteiger partial charge in [0.25, 0.3) is 0 Å². The van der Waals surface area contributed by atoms with Gasteiger partial charge in [-0.25, -0.2) is 9.59 Å². The highest BCUT2D eigenvalue weighted by molar-refractivity contribution is 5.94. The summed E-state index contributed by atoms with van der Waals surface area (Å²) in [5.74, 6) is 0.379. The molecule has 0 unspecified atom stereocenters. The van der Waals surface area contributed by atoms with Crippen LogP contribution in [0.4, 0.5) is 4.79 Å². The highest BCUT2D eigenvalue weighted by atomic mass is 16.5. The average molecular weight is 481 g/mol. The molecule has 0 aliphatic carbocycles. The van der Waals surface area contributed by atoms with Crippen molar-refractivity contribution < 1.29 is 28.9 Å². The quantitative estimate of drug-likeness (QED) is 0.475. The van der Waals surface area contributed by atoms with Gasteiger partial charge >= 0.3 is 12.1 Å². The summed E-state index contributed by atoms with van der Waals surface area (Å²) >= 11 is 0. The van der Waals surface area contributed by atoms with E-state index < -0.39 is 6.09 Å². The van der Waals surface area contributed by atoms with Crippen LogP contribution in [0.15, 0.2) is 42.6 Å². The Bertz CT molecular complexity index is 1220. The van der Waals surface area contributed by atoms with Gasteiger partial charge in [0, 0.05) is 42.9 Å². The summed E-state index contributed by atoms with van der Waals surface area (Å²) in [5, 5.41) is 10.5. The summed E-state index contributed by atoms with van der Waals surface area (Å²) < 4.78 is 17.8. The molecule has 0 amide bonds. The van der Waals surface area contributed by atoms with Crippen LogP contribution in [0.2, 0.25) is 0 Å². The summed E-state index contributed by atoms with van der Waals surface area (Å²) in [6.07, 6.45) is 2.44. The zero-order chi connectivity index (χ0) is 25.1. The predicted octanol–water partition coefficient (Wildman–Crippen LogP) is 5.01. The fraction of sp³-hybridized carbons (Fsp3) is 0.407. The van der Waals surface area contributed by atoms with Gasteiger partial charge in [0.2, 0.25) is 0 Å². The Morgan fingerprint density at radius 1 is 1.14 bits per heavy atom. The van der Waals surface area contributed by atoms with Gasteiger partial charge in [0.05, 0.1) is 31.4 Å². The van der Waals surface area contributed by atoms with Crippen LogP contribution < -0.4 is 4.74 Å². The van der Waals surface area contributed by atoms with Crippen LogP contribution in [0, 0.1) is 6.92 Å². The van der Waals surface area contributed by atoms with Gasteiger partial charge in [-0.15, -0.1) is 0 Å². The summed E-state index contributed by atoms with van der Waals surface area (Å²) in [4.78, 5) is 26.1. The zero-order valence-corrected chi connectivity index (χ0v) is 20.6. The van der Waals surface area contributed by atoms with E-state index in [1.807, 2.05) is 38.1 Å². The fourth-order valence-corrected chi connectivity index (χ4v) is 5.13. The first kappa shape index (κ1) is 24.8. The lowest BCUT2D eigenvalue weighted by Crippen LogP contribution is -2.39. The maximum Gasteiger partial charge on any atom is 0.416 e. The molecule has 2 atom stereocenters. The van der Waals surface area contributed by atoms with Gasteiger partial charge in [0.15, 0.2) is 0 Å². The van der Waals surface area contributed by atoms with E-state index in [1.165, 1.54) is 11.7 Å².